The van der Waals surface area contributed by atoms with Crippen molar-refractivity contribution in [3.63, 3.8) is 0 Å². The van der Waals surface area contributed by atoms with Gasteiger partial charge >= 0.3 is 0 Å². The number of benzene rings is 2. The van der Waals surface area contributed by atoms with Crippen molar-refractivity contribution in [3.8, 4) is 28.6 Å². The zero-order valence-electron chi connectivity index (χ0n) is 17.8. The van der Waals surface area contributed by atoms with Crippen LogP contribution in [0.1, 0.15) is 13.3 Å². The third kappa shape index (κ3) is 4.55. The minimum atomic E-state index is -3.07. The normalized spacial score (nSPS) is 19.4. The Morgan fingerprint density at radius 1 is 1.15 bits per heavy atom. The highest BCUT2D eigenvalue weighted by Crippen LogP contribution is 2.37. The van der Waals surface area contributed by atoms with Gasteiger partial charge in [-0.2, -0.15) is 0 Å². The van der Waals surface area contributed by atoms with E-state index in [0.717, 1.165) is 11.3 Å². The van der Waals surface area contributed by atoms with E-state index < -0.39 is 15.1 Å². The van der Waals surface area contributed by atoms with Crippen LogP contribution in [0, 0.1) is 0 Å². The summed E-state index contributed by atoms with van der Waals surface area (Å²) < 4.78 is 36.2. The number of rotatable bonds is 6. The van der Waals surface area contributed by atoms with E-state index in [1.54, 1.807) is 6.92 Å². The lowest BCUT2D eigenvalue weighted by Gasteiger charge is -2.16. The van der Waals surface area contributed by atoms with Crippen LogP contribution in [-0.2, 0) is 14.6 Å². The van der Waals surface area contributed by atoms with Gasteiger partial charge in [-0.3, -0.25) is 9.36 Å². The van der Waals surface area contributed by atoms with Crippen molar-refractivity contribution >= 4 is 27.5 Å². The van der Waals surface area contributed by atoms with Gasteiger partial charge in [0.15, 0.2) is 32.3 Å². The van der Waals surface area contributed by atoms with Crippen LogP contribution in [0.4, 0.5) is 0 Å². The molecule has 1 saturated heterocycles. The van der Waals surface area contributed by atoms with Crippen LogP contribution < -0.4 is 14.8 Å². The zero-order valence-corrected chi connectivity index (χ0v) is 19.4. The molecule has 0 aliphatic carbocycles. The molecule has 1 N–H and O–H groups in total. The zero-order chi connectivity index (χ0) is 23.0. The summed E-state index contributed by atoms with van der Waals surface area (Å²) in [5.41, 5.74) is 1.66. The Kier molecular flexibility index (Phi) is 5.75. The van der Waals surface area contributed by atoms with Crippen LogP contribution >= 0.6 is 11.8 Å². The standard InChI is InChI=1S/C22H22N4O5S2/c1-14(21(27)23-16-9-10-33(28,29)12-16)32-22-25-24-20(26(22)17-5-3-2-4-6-17)15-7-8-18-19(11-15)31-13-30-18/h2-8,11,14,16H,9-10,12-13H2,1H3,(H,23,27)/t14-,16+/m0/s1. The highest BCUT2D eigenvalue weighted by atomic mass is 32.2. The maximum absolute atomic E-state index is 12.8. The maximum Gasteiger partial charge on any atom is 0.233 e. The smallest absolute Gasteiger partial charge is 0.233 e. The number of thioether (sulfide) groups is 1. The highest BCUT2D eigenvalue weighted by Gasteiger charge is 2.31. The lowest BCUT2D eigenvalue weighted by molar-refractivity contribution is -0.120. The molecule has 2 atom stereocenters. The Labute approximate surface area is 195 Å². The second-order valence-corrected chi connectivity index (χ2v) is 11.5. The maximum atomic E-state index is 12.8. The molecular formula is C22H22N4O5S2. The number of nitrogens with zero attached hydrogens (tertiary/aromatic N) is 3. The molecule has 5 rings (SSSR count). The van der Waals surface area contributed by atoms with E-state index in [4.69, 9.17) is 9.47 Å². The summed E-state index contributed by atoms with van der Waals surface area (Å²) in [6.07, 6.45) is 0.444. The Bertz CT molecular complexity index is 1290. The van der Waals surface area contributed by atoms with Crippen LogP contribution in [0.25, 0.3) is 17.1 Å². The first kappa shape index (κ1) is 21.8. The second kappa shape index (κ2) is 8.71. The molecule has 2 aliphatic rings. The molecular weight excluding hydrogens is 464 g/mol. The second-order valence-electron chi connectivity index (χ2n) is 7.91. The number of ether oxygens (including phenoxy) is 2. The van der Waals surface area contributed by atoms with E-state index in [2.05, 4.69) is 15.5 Å². The largest absolute Gasteiger partial charge is 0.454 e. The molecule has 0 saturated carbocycles. The predicted molar refractivity (Wildman–Crippen MR) is 123 cm³/mol. The van der Waals surface area contributed by atoms with Gasteiger partial charge in [0, 0.05) is 17.3 Å². The van der Waals surface area contributed by atoms with Gasteiger partial charge < -0.3 is 14.8 Å². The minimum absolute atomic E-state index is 0.00934. The van der Waals surface area contributed by atoms with E-state index >= 15 is 0 Å². The highest BCUT2D eigenvalue weighted by molar-refractivity contribution is 8.00. The molecule has 2 aromatic carbocycles. The lowest BCUT2D eigenvalue weighted by atomic mass is 10.2. The van der Waals surface area contributed by atoms with Crippen molar-refractivity contribution in [2.45, 2.75) is 29.8 Å². The van der Waals surface area contributed by atoms with E-state index in [0.29, 0.717) is 28.9 Å². The van der Waals surface area contributed by atoms with Crippen LogP contribution in [-0.4, -0.2) is 58.7 Å². The number of hydrogen-bond donors (Lipinski definition) is 1. The van der Waals surface area contributed by atoms with Gasteiger partial charge in [-0.05, 0) is 43.7 Å². The first-order valence-electron chi connectivity index (χ1n) is 10.5. The lowest BCUT2D eigenvalue weighted by Crippen LogP contribution is -2.40. The fraction of sp³-hybridized carbons (Fsp3) is 0.318. The molecule has 1 fully saturated rings. The molecule has 2 aliphatic heterocycles. The number of amides is 1. The molecule has 0 radical (unpaired) electrons. The molecule has 0 spiro atoms. The molecule has 11 heteroatoms. The van der Waals surface area contributed by atoms with Gasteiger partial charge in [-0.25, -0.2) is 8.42 Å². The molecule has 3 heterocycles. The summed E-state index contributed by atoms with van der Waals surface area (Å²) in [5.74, 6) is 1.80. The monoisotopic (exact) mass is 486 g/mol. The van der Waals surface area contributed by atoms with Gasteiger partial charge in [0.05, 0.1) is 16.8 Å². The molecule has 0 unspecified atom stereocenters. The summed E-state index contributed by atoms with van der Waals surface area (Å²) in [6, 6.07) is 14.9. The average molecular weight is 487 g/mol. The van der Waals surface area contributed by atoms with Crippen LogP contribution in [0.2, 0.25) is 0 Å². The van der Waals surface area contributed by atoms with Gasteiger partial charge in [-0.1, -0.05) is 30.0 Å². The summed E-state index contributed by atoms with van der Waals surface area (Å²) in [7, 11) is -3.07. The van der Waals surface area contributed by atoms with E-state index in [9.17, 15) is 13.2 Å². The minimum Gasteiger partial charge on any atom is -0.454 e. The van der Waals surface area contributed by atoms with Crippen LogP contribution in [0.3, 0.4) is 0 Å². The fourth-order valence-electron chi connectivity index (χ4n) is 3.82. The van der Waals surface area contributed by atoms with Crippen molar-refractivity contribution < 1.29 is 22.7 Å². The average Bonchev–Trinajstić information content (AvgIpc) is 3.52. The Morgan fingerprint density at radius 2 is 1.94 bits per heavy atom. The van der Waals surface area contributed by atoms with Gasteiger partial charge in [0.1, 0.15) is 0 Å². The Hall–Kier alpha value is -3.05. The predicted octanol–water partition coefficient (Wildman–Crippen LogP) is 2.45. The summed E-state index contributed by atoms with van der Waals surface area (Å²) in [6.45, 7) is 1.95. The van der Waals surface area contributed by atoms with E-state index in [-0.39, 0.29) is 30.2 Å². The third-order valence-electron chi connectivity index (χ3n) is 5.51. The Morgan fingerprint density at radius 3 is 2.70 bits per heavy atom. The molecule has 3 aromatic rings. The van der Waals surface area contributed by atoms with Crippen molar-refractivity contribution in [1.82, 2.24) is 20.1 Å². The number of aromatic nitrogens is 3. The molecule has 1 aromatic heterocycles. The van der Waals surface area contributed by atoms with Gasteiger partial charge in [0.2, 0.25) is 12.7 Å². The SMILES string of the molecule is C[C@H](Sc1nnc(-c2ccc3c(c2)OCO3)n1-c1ccccc1)C(=O)N[C@@H]1CCS(=O)(=O)C1. The summed E-state index contributed by atoms with van der Waals surface area (Å²) >= 11 is 1.27. The van der Waals surface area contributed by atoms with Gasteiger partial charge in [0.25, 0.3) is 0 Å². The number of para-hydroxylation sites is 1. The number of sulfone groups is 1. The number of carbonyl (C=O) groups is 1. The number of carbonyl (C=O) groups excluding carboxylic acids is 1. The first-order chi connectivity index (χ1) is 15.9. The number of nitrogens with one attached hydrogen (secondary N) is 1. The first-order valence-corrected chi connectivity index (χ1v) is 13.2. The molecule has 172 valence electrons. The van der Waals surface area contributed by atoms with Gasteiger partial charge in [-0.15, -0.1) is 10.2 Å². The molecule has 33 heavy (non-hydrogen) atoms. The van der Waals surface area contributed by atoms with Crippen molar-refractivity contribution in [2.24, 2.45) is 0 Å². The molecule has 1 amide bonds. The summed E-state index contributed by atoms with van der Waals surface area (Å²) in [5, 5.41) is 11.7. The topological polar surface area (TPSA) is 112 Å². The fourth-order valence-corrected chi connectivity index (χ4v) is 6.37. The number of fused-ring (bicyclic) bond motifs is 1. The van der Waals surface area contributed by atoms with Crippen molar-refractivity contribution in [3.05, 3.63) is 48.5 Å². The van der Waals surface area contributed by atoms with Crippen LogP contribution in [0.5, 0.6) is 11.5 Å². The van der Waals surface area contributed by atoms with Crippen molar-refractivity contribution in [1.29, 1.82) is 0 Å². The van der Waals surface area contributed by atoms with Crippen molar-refractivity contribution in [2.75, 3.05) is 18.3 Å². The van der Waals surface area contributed by atoms with E-state index in [1.165, 1.54) is 11.8 Å². The number of hydrogen-bond acceptors (Lipinski definition) is 8. The quantitative estimate of drug-likeness (QED) is 0.529. The van der Waals surface area contributed by atoms with E-state index in [1.807, 2.05) is 53.1 Å². The molecule has 0 bridgehead atoms. The molecule has 9 nitrogen and oxygen atoms in total. The summed E-state index contributed by atoms with van der Waals surface area (Å²) in [4.78, 5) is 12.8. The van der Waals surface area contributed by atoms with Crippen LogP contribution in [0.15, 0.2) is 53.7 Å². The Balaban J connectivity index is 1.42. The third-order valence-corrected chi connectivity index (χ3v) is 8.32.